The van der Waals surface area contributed by atoms with E-state index in [2.05, 4.69) is 0 Å². The molecule has 1 aromatic rings. The summed E-state index contributed by atoms with van der Waals surface area (Å²) in [5.74, 6) is 0.904. The summed E-state index contributed by atoms with van der Waals surface area (Å²) >= 11 is 0. The molecule has 2 heteroatoms. The fourth-order valence-electron chi connectivity index (χ4n) is 1.12. The molecule has 0 spiro atoms. The molecule has 0 fully saturated rings. The van der Waals surface area contributed by atoms with Crippen molar-refractivity contribution in [3.8, 4) is 5.75 Å². The Labute approximate surface area is 79.7 Å². The van der Waals surface area contributed by atoms with Crippen molar-refractivity contribution in [3.63, 3.8) is 0 Å². The van der Waals surface area contributed by atoms with E-state index >= 15 is 0 Å². The summed E-state index contributed by atoms with van der Waals surface area (Å²) in [5.41, 5.74) is 7.34. The quantitative estimate of drug-likeness (QED) is 0.673. The lowest BCUT2D eigenvalue weighted by atomic mass is 10.1. The third kappa shape index (κ3) is 2.98. The molecule has 0 heterocycles. The topological polar surface area (TPSA) is 35.2 Å². The van der Waals surface area contributed by atoms with Crippen LogP contribution in [0, 0.1) is 6.92 Å². The molecule has 0 aliphatic heterocycles. The van der Waals surface area contributed by atoms with Gasteiger partial charge in [-0.15, -0.1) is 0 Å². The molecule has 0 aliphatic rings. The highest BCUT2D eigenvalue weighted by molar-refractivity contribution is 5.47. The Kier molecular flexibility index (Phi) is 2.50. The average molecular weight is 179 g/mol. The smallest absolute Gasteiger partial charge is 0.123 e. The largest absolute Gasteiger partial charge is 0.488 e. The maximum absolute atomic E-state index is 5.73. The highest BCUT2D eigenvalue weighted by atomic mass is 16.5. The molecule has 0 bridgehead atoms. The predicted molar refractivity (Wildman–Crippen MR) is 56.0 cm³/mol. The molecule has 0 unspecified atom stereocenters. The van der Waals surface area contributed by atoms with Crippen LogP contribution in [0.25, 0.3) is 0 Å². The first-order valence-corrected chi connectivity index (χ1v) is 4.43. The van der Waals surface area contributed by atoms with Gasteiger partial charge in [0.2, 0.25) is 0 Å². The van der Waals surface area contributed by atoms with Crippen molar-refractivity contribution in [1.82, 2.24) is 0 Å². The Bertz CT molecular complexity index is 299. The summed E-state index contributed by atoms with van der Waals surface area (Å²) < 4.78 is 5.73. The number of nitrogen functional groups attached to an aromatic ring is 1. The number of nitrogens with two attached hydrogens (primary N) is 1. The molecule has 0 aromatic heterocycles. The van der Waals surface area contributed by atoms with Crippen LogP contribution in [0.3, 0.4) is 0 Å². The molecular weight excluding hydrogens is 162 g/mol. The van der Waals surface area contributed by atoms with E-state index in [-0.39, 0.29) is 5.60 Å². The second-order valence-corrected chi connectivity index (χ2v) is 4.24. The lowest BCUT2D eigenvalue weighted by Crippen LogP contribution is -2.23. The minimum atomic E-state index is -0.152. The first-order valence-electron chi connectivity index (χ1n) is 4.43. The molecule has 1 rings (SSSR count). The van der Waals surface area contributed by atoms with E-state index in [4.69, 9.17) is 10.5 Å². The monoisotopic (exact) mass is 179 g/mol. The van der Waals surface area contributed by atoms with Crippen molar-refractivity contribution in [3.05, 3.63) is 23.8 Å². The highest BCUT2D eigenvalue weighted by Gasteiger charge is 2.12. The van der Waals surface area contributed by atoms with Crippen molar-refractivity contribution in [2.24, 2.45) is 0 Å². The number of benzene rings is 1. The predicted octanol–water partition coefficient (Wildman–Crippen LogP) is 2.75. The SMILES string of the molecule is Cc1cc(N)ccc1OC(C)(C)C. The van der Waals surface area contributed by atoms with E-state index in [9.17, 15) is 0 Å². The molecule has 0 radical (unpaired) electrons. The Hall–Kier alpha value is -1.18. The Balaban J connectivity index is 2.90. The summed E-state index contributed by atoms with van der Waals surface area (Å²) in [6.45, 7) is 8.09. The van der Waals surface area contributed by atoms with Crippen molar-refractivity contribution in [1.29, 1.82) is 0 Å². The Morgan fingerprint density at radius 3 is 2.31 bits per heavy atom. The molecule has 72 valence electrons. The second kappa shape index (κ2) is 3.29. The molecule has 1 aromatic carbocycles. The maximum atomic E-state index is 5.73. The highest BCUT2D eigenvalue weighted by Crippen LogP contribution is 2.24. The van der Waals surface area contributed by atoms with Crippen molar-refractivity contribution in [2.75, 3.05) is 5.73 Å². The van der Waals surface area contributed by atoms with E-state index < -0.39 is 0 Å². The molecule has 0 atom stereocenters. The van der Waals surface area contributed by atoms with Crippen molar-refractivity contribution in [2.45, 2.75) is 33.3 Å². The third-order valence-electron chi connectivity index (χ3n) is 1.62. The van der Waals surface area contributed by atoms with Crippen LogP contribution < -0.4 is 10.5 Å². The van der Waals surface area contributed by atoms with Gasteiger partial charge in [0.05, 0.1) is 0 Å². The number of hydrogen-bond acceptors (Lipinski definition) is 2. The van der Waals surface area contributed by atoms with Crippen LogP contribution >= 0.6 is 0 Å². The van der Waals surface area contributed by atoms with Gasteiger partial charge in [0.1, 0.15) is 11.4 Å². The number of anilines is 1. The van der Waals surface area contributed by atoms with E-state index in [0.717, 1.165) is 17.0 Å². The average Bonchev–Trinajstić information content (AvgIpc) is 1.93. The summed E-state index contributed by atoms with van der Waals surface area (Å²) in [4.78, 5) is 0. The number of hydrogen-bond donors (Lipinski definition) is 1. The summed E-state index contributed by atoms with van der Waals surface area (Å²) in [7, 11) is 0. The van der Waals surface area contributed by atoms with Crippen LogP contribution in [0.5, 0.6) is 5.75 Å². The third-order valence-corrected chi connectivity index (χ3v) is 1.62. The molecule has 2 nitrogen and oxygen atoms in total. The minimum Gasteiger partial charge on any atom is -0.488 e. The molecule has 2 N–H and O–H groups in total. The van der Waals surface area contributed by atoms with Gasteiger partial charge < -0.3 is 10.5 Å². The summed E-state index contributed by atoms with van der Waals surface area (Å²) in [5, 5.41) is 0. The van der Waals surface area contributed by atoms with E-state index in [1.165, 1.54) is 0 Å². The van der Waals surface area contributed by atoms with Gasteiger partial charge in [0, 0.05) is 5.69 Å². The van der Waals surface area contributed by atoms with Crippen LogP contribution in [0.2, 0.25) is 0 Å². The molecule has 13 heavy (non-hydrogen) atoms. The Morgan fingerprint density at radius 2 is 1.85 bits per heavy atom. The Morgan fingerprint density at radius 1 is 1.23 bits per heavy atom. The van der Waals surface area contributed by atoms with Gasteiger partial charge in [-0.05, 0) is 51.5 Å². The summed E-state index contributed by atoms with van der Waals surface area (Å²) in [6, 6.07) is 5.69. The van der Waals surface area contributed by atoms with Crippen molar-refractivity contribution < 1.29 is 4.74 Å². The normalized spacial score (nSPS) is 11.4. The maximum Gasteiger partial charge on any atom is 0.123 e. The second-order valence-electron chi connectivity index (χ2n) is 4.24. The molecule has 0 aliphatic carbocycles. The van der Waals surface area contributed by atoms with Gasteiger partial charge in [-0.1, -0.05) is 0 Å². The standard InChI is InChI=1S/C11H17NO/c1-8-7-9(12)5-6-10(8)13-11(2,3)4/h5-7H,12H2,1-4H3. The van der Waals surface area contributed by atoms with E-state index in [1.54, 1.807) is 0 Å². The zero-order valence-corrected chi connectivity index (χ0v) is 8.72. The van der Waals surface area contributed by atoms with Crippen molar-refractivity contribution >= 4 is 5.69 Å². The van der Waals surface area contributed by atoms with Crippen LogP contribution in [-0.2, 0) is 0 Å². The molecule has 0 saturated carbocycles. The van der Waals surface area contributed by atoms with E-state index in [0.29, 0.717) is 0 Å². The summed E-state index contributed by atoms with van der Waals surface area (Å²) in [6.07, 6.45) is 0. The number of aryl methyl sites for hydroxylation is 1. The lowest BCUT2D eigenvalue weighted by Gasteiger charge is -2.22. The van der Waals surface area contributed by atoms with Gasteiger partial charge in [-0.25, -0.2) is 0 Å². The molecule has 0 amide bonds. The van der Waals surface area contributed by atoms with Gasteiger partial charge >= 0.3 is 0 Å². The number of ether oxygens (including phenoxy) is 1. The minimum absolute atomic E-state index is 0.152. The van der Waals surface area contributed by atoms with Crippen LogP contribution in [0.15, 0.2) is 18.2 Å². The first kappa shape index (κ1) is 9.90. The van der Waals surface area contributed by atoms with Gasteiger partial charge in [0.25, 0.3) is 0 Å². The zero-order valence-electron chi connectivity index (χ0n) is 8.72. The molecule has 0 saturated heterocycles. The van der Waals surface area contributed by atoms with Gasteiger partial charge in [0.15, 0.2) is 0 Å². The van der Waals surface area contributed by atoms with Crippen LogP contribution in [0.1, 0.15) is 26.3 Å². The zero-order chi connectivity index (χ0) is 10.1. The van der Waals surface area contributed by atoms with E-state index in [1.807, 2.05) is 45.9 Å². The molecular formula is C11H17NO. The number of rotatable bonds is 1. The van der Waals surface area contributed by atoms with Crippen LogP contribution in [0.4, 0.5) is 5.69 Å². The van der Waals surface area contributed by atoms with Crippen LogP contribution in [-0.4, -0.2) is 5.60 Å². The van der Waals surface area contributed by atoms with Gasteiger partial charge in [-0.3, -0.25) is 0 Å². The first-order chi connectivity index (χ1) is 5.88. The van der Waals surface area contributed by atoms with Gasteiger partial charge in [-0.2, -0.15) is 0 Å². The fourth-order valence-corrected chi connectivity index (χ4v) is 1.12. The fraction of sp³-hybridized carbons (Fsp3) is 0.455. The lowest BCUT2D eigenvalue weighted by molar-refractivity contribution is 0.130.